The molecule has 0 unspecified atom stereocenters. The monoisotopic (exact) mass is 404 g/mol. The van der Waals surface area contributed by atoms with E-state index < -0.39 is 0 Å². The summed E-state index contributed by atoms with van der Waals surface area (Å²) in [6.45, 7) is 0.670. The number of H-pyrrole nitrogens is 1. The van der Waals surface area contributed by atoms with Gasteiger partial charge in [-0.15, -0.1) is 0 Å². The zero-order valence-corrected chi connectivity index (χ0v) is 16.8. The zero-order valence-electron chi connectivity index (χ0n) is 16.8. The first-order chi connectivity index (χ1) is 15.3. The maximum absolute atomic E-state index is 12.5. The average Bonchev–Trinajstić information content (AvgIpc) is 3.21. The van der Waals surface area contributed by atoms with Gasteiger partial charge in [-0.3, -0.25) is 9.48 Å². The maximum atomic E-state index is 12.5. The normalized spacial score (nSPS) is 11.4. The van der Waals surface area contributed by atoms with Gasteiger partial charge in [-0.2, -0.15) is 5.10 Å². The van der Waals surface area contributed by atoms with Gasteiger partial charge in [-0.1, -0.05) is 72.8 Å². The minimum atomic E-state index is -0.215. The molecule has 5 aromatic rings. The SMILES string of the molecule is O=c1[nH]c2ccccc2nc1/C=C/c1cn(Cc2ccccc2)nc1-c1ccccc1. The van der Waals surface area contributed by atoms with Crippen molar-refractivity contribution >= 4 is 23.2 Å². The standard InChI is InChI=1S/C26H20N4O/c31-26-24(27-22-13-7-8-14-23(22)28-26)16-15-21-18-30(17-19-9-3-1-4-10-19)29-25(21)20-11-5-2-6-12-20/h1-16,18H,17H2,(H,28,31)/b16-15+. The van der Waals surface area contributed by atoms with Gasteiger partial charge in [0.1, 0.15) is 5.69 Å². The molecule has 2 heterocycles. The Kier molecular flexibility index (Phi) is 4.99. The third kappa shape index (κ3) is 4.07. The molecule has 150 valence electrons. The Labute approximate surface area is 179 Å². The average molecular weight is 404 g/mol. The van der Waals surface area contributed by atoms with Gasteiger partial charge in [0.15, 0.2) is 0 Å². The van der Waals surface area contributed by atoms with Crippen molar-refractivity contribution in [3.8, 4) is 11.3 Å². The summed E-state index contributed by atoms with van der Waals surface area (Å²) < 4.78 is 1.93. The zero-order chi connectivity index (χ0) is 21.0. The van der Waals surface area contributed by atoms with E-state index in [1.807, 2.05) is 89.8 Å². The smallest absolute Gasteiger partial charge is 0.274 e. The van der Waals surface area contributed by atoms with Gasteiger partial charge >= 0.3 is 0 Å². The molecular weight excluding hydrogens is 384 g/mol. The summed E-state index contributed by atoms with van der Waals surface area (Å²) in [7, 11) is 0. The first-order valence-electron chi connectivity index (χ1n) is 10.1. The van der Waals surface area contributed by atoms with Crippen LogP contribution in [-0.2, 0) is 6.54 Å². The molecule has 5 nitrogen and oxygen atoms in total. The second kappa shape index (κ2) is 8.24. The van der Waals surface area contributed by atoms with E-state index in [4.69, 9.17) is 5.10 Å². The number of benzene rings is 3. The number of aromatic nitrogens is 4. The third-order valence-electron chi connectivity index (χ3n) is 5.07. The van der Waals surface area contributed by atoms with Crippen LogP contribution in [0.2, 0.25) is 0 Å². The second-order valence-electron chi connectivity index (χ2n) is 7.28. The quantitative estimate of drug-likeness (QED) is 0.448. The number of para-hydroxylation sites is 2. The summed E-state index contributed by atoms with van der Waals surface area (Å²) in [5.74, 6) is 0. The lowest BCUT2D eigenvalue weighted by Gasteiger charge is -2.01. The van der Waals surface area contributed by atoms with Crippen LogP contribution in [0.1, 0.15) is 16.8 Å². The Balaban J connectivity index is 1.54. The fourth-order valence-corrected chi connectivity index (χ4v) is 3.56. The third-order valence-corrected chi connectivity index (χ3v) is 5.07. The van der Waals surface area contributed by atoms with E-state index in [9.17, 15) is 4.79 Å². The highest BCUT2D eigenvalue weighted by atomic mass is 16.1. The van der Waals surface area contributed by atoms with E-state index in [0.29, 0.717) is 12.2 Å². The molecule has 0 spiro atoms. The van der Waals surface area contributed by atoms with Crippen molar-refractivity contribution in [3.63, 3.8) is 0 Å². The van der Waals surface area contributed by atoms with E-state index in [-0.39, 0.29) is 5.56 Å². The summed E-state index contributed by atoms with van der Waals surface area (Å²) in [4.78, 5) is 19.9. The van der Waals surface area contributed by atoms with Crippen molar-refractivity contribution in [3.05, 3.63) is 118 Å². The summed E-state index contributed by atoms with van der Waals surface area (Å²) in [6.07, 6.45) is 5.66. The number of hydrogen-bond acceptors (Lipinski definition) is 3. The topological polar surface area (TPSA) is 63.6 Å². The molecule has 5 rings (SSSR count). The molecule has 1 N–H and O–H groups in total. The molecule has 0 bridgehead atoms. The highest BCUT2D eigenvalue weighted by molar-refractivity contribution is 5.80. The Hall–Kier alpha value is -4.25. The second-order valence-corrected chi connectivity index (χ2v) is 7.28. The van der Waals surface area contributed by atoms with Crippen LogP contribution >= 0.6 is 0 Å². The van der Waals surface area contributed by atoms with Gasteiger partial charge in [0.2, 0.25) is 0 Å². The lowest BCUT2D eigenvalue weighted by atomic mass is 10.1. The highest BCUT2D eigenvalue weighted by Gasteiger charge is 2.10. The Morgan fingerprint density at radius 1 is 0.839 bits per heavy atom. The summed E-state index contributed by atoms with van der Waals surface area (Å²) in [6, 6.07) is 27.8. The predicted octanol–water partition coefficient (Wildman–Crippen LogP) is 5.01. The van der Waals surface area contributed by atoms with E-state index in [1.54, 1.807) is 6.08 Å². The minimum absolute atomic E-state index is 0.215. The van der Waals surface area contributed by atoms with Crippen LogP contribution in [0, 0.1) is 0 Å². The first-order valence-corrected chi connectivity index (χ1v) is 10.1. The molecule has 0 amide bonds. The number of nitrogens with zero attached hydrogens (tertiary/aromatic N) is 3. The number of aromatic amines is 1. The number of hydrogen-bond donors (Lipinski definition) is 1. The Morgan fingerprint density at radius 2 is 1.55 bits per heavy atom. The number of rotatable bonds is 5. The van der Waals surface area contributed by atoms with Gasteiger partial charge in [-0.25, -0.2) is 4.98 Å². The van der Waals surface area contributed by atoms with Crippen molar-refractivity contribution < 1.29 is 0 Å². The summed E-state index contributed by atoms with van der Waals surface area (Å²) >= 11 is 0. The van der Waals surface area contributed by atoms with Crippen LogP contribution < -0.4 is 5.56 Å². The van der Waals surface area contributed by atoms with Gasteiger partial charge in [0.25, 0.3) is 5.56 Å². The van der Waals surface area contributed by atoms with E-state index in [0.717, 1.165) is 27.9 Å². The van der Waals surface area contributed by atoms with E-state index in [1.165, 1.54) is 5.56 Å². The van der Waals surface area contributed by atoms with Gasteiger partial charge in [0.05, 0.1) is 23.3 Å². The van der Waals surface area contributed by atoms with Crippen molar-refractivity contribution in [1.82, 2.24) is 19.7 Å². The number of fused-ring (bicyclic) bond motifs is 1. The van der Waals surface area contributed by atoms with Gasteiger partial charge in [-0.05, 0) is 29.8 Å². The van der Waals surface area contributed by atoms with Crippen molar-refractivity contribution in [2.24, 2.45) is 0 Å². The molecule has 0 aliphatic heterocycles. The molecule has 0 atom stereocenters. The summed E-state index contributed by atoms with van der Waals surface area (Å²) in [5.41, 5.74) is 5.63. The van der Waals surface area contributed by atoms with Crippen molar-refractivity contribution in [1.29, 1.82) is 0 Å². The van der Waals surface area contributed by atoms with Gasteiger partial charge in [0, 0.05) is 17.3 Å². The lowest BCUT2D eigenvalue weighted by molar-refractivity contribution is 0.689. The minimum Gasteiger partial charge on any atom is -0.319 e. The fraction of sp³-hybridized carbons (Fsp3) is 0.0385. The van der Waals surface area contributed by atoms with Crippen LogP contribution in [0.15, 0.2) is 95.9 Å². The Bertz CT molecular complexity index is 1420. The number of nitrogens with one attached hydrogen (secondary N) is 1. The molecule has 0 radical (unpaired) electrons. The molecule has 3 aromatic carbocycles. The molecular formula is C26H20N4O. The molecule has 0 fully saturated rings. The largest absolute Gasteiger partial charge is 0.319 e. The van der Waals surface area contributed by atoms with Crippen LogP contribution in [0.3, 0.4) is 0 Å². The molecule has 2 aromatic heterocycles. The van der Waals surface area contributed by atoms with Crippen LogP contribution in [0.4, 0.5) is 0 Å². The molecule has 0 aliphatic carbocycles. The fourth-order valence-electron chi connectivity index (χ4n) is 3.56. The molecule has 0 aliphatic rings. The lowest BCUT2D eigenvalue weighted by Crippen LogP contribution is -2.11. The van der Waals surface area contributed by atoms with Crippen molar-refractivity contribution in [2.75, 3.05) is 0 Å². The van der Waals surface area contributed by atoms with Crippen LogP contribution in [0.25, 0.3) is 34.4 Å². The van der Waals surface area contributed by atoms with E-state index >= 15 is 0 Å². The van der Waals surface area contributed by atoms with Crippen LogP contribution in [-0.4, -0.2) is 19.7 Å². The summed E-state index contributed by atoms with van der Waals surface area (Å²) in [5, 5.41) is 4.82. The van der Waals surface area contributed by atoms with Crippen LogP contribution in [0.5, 0.6) is 0 Å². The first kappa shape index (κ1) is 18.8. The molecule has 0 saturated heterocycles. The highest BCUT2D eigenvalue weighted by Crippen LogP contribution is 2.24. The van der Waals surface area contributed by atoms with Crippen molar-refractivity contribution in [2.45, 2.75) is 6.54 Å². The van der Waals surface area contributed by atoms with Gasteiger partial charge < -0.3 is 4.98 Å². The predicted molar refractivity (Wildman–Crippen MR) is 124 cm³/mol. The molecule has 0 saturated carbocycles. The molecule has 31 heavy (non-hydrogen) atoms. The molecule has 5 heteroatoms. The van der Waals surface area contributed by atoms with E-state index in [2.05, 4.69) is 22.1 Å². The Morgan fingerprint density at radius 3 is 2.35 bits per heavy atom. The maximum Gasteiger partial charge on any atom is 0.274 e.